The van der Waals surface area contributed by atoms with Gasteiger partial charge in [-0.1, -0.05) is 37.6 Å². The molecule has 0 radical (unpaired) electrons. The molecule has 1 saturated heterocycles. The van der Waals surface area contributed by atoms with Gasteiger partial charge in [0.05, 0.1) is 18.9 Å². The van der Waals surface area contributed by atoms with E-state index in [1.165, 1.54) is 4.52 Å². The molecule has 2 aromatic heterocycles. The number of anilines is 2. The molecule has 242 valence electrons. The van der Waals surface area contributed by atoms with Crippen LogP contribution in [0.1, 0.15) is 63.7 Å². The fourth-order valence-electron chi connectivity index (χ4n) is 5.71. The van der Waals surface area contributed by atoms with E-state index in [0.717, 1.165) is 23.1 Å². The second-order valence-electron chi connectivity index (χ2n) is 12.4. The number of fused-ring (bicyclic) bond motifs is 1. The van der Waals surface area contributed by atoms with Crippen LogP contribution >= 0.6 is 11.6 Å². The van der Waals surface area contributed by atoms with E-state index in [0.29, 0.717) is 85.9 Å². The molecular weight excluding hydrogens is 598 g/mol. The quantitative estimate of drug-likeness (QED) is 0.402. The molecular formula is C32H42ClN7O5. The number of aromatic nitrogens is 4. The molecule has 4 heterocycles. The summed E-state index contributed by atoms with van der Waals surface area (Å²) >= 11 is 6.47. The topological polar surface area (TPSA) is 123 Å². The van der Waals surface area contributed by atoms with E-state index in [-0.39, 0.29) is 24.1 Å². The van der Waals surface area contributed by atoms with Crippen LogP contribution in [0.15, 0.2) is 23.0 Å². The first-order valence-corrected chi connectivity index (χ1v) is 15.9. The third-order valence-electron chi connectivity index (χ3n) is 8.01. The van der Waals surface area contributed by atoms with Crippen LogP contribution in [-0.4, -0.2) is 81.1 Å². The molecule has 0 aliphatic carbocycles. The Labute approximate surface area is 267 Å². The Kier molecular flexibility index (Phi) is 9.54. The van der Waals surface area contributed by atoms with Crippen molar-refractivity contribution in [3.63, 3.8) is 0 Å². The van der Waals surface area contributed by atoms with Crippen molar-refractivity contribution in [2.45, 2.75) is 73.0 Å². The van der Waals surface area contributed by atoms with Crippen LogP contribution in [0.4, 0.5) is 16.2 Å². The Morgan fingerprint density at radius 3 is 2.47 bits per heavy atom. The number of nitrogens with zero attached hydrogens (tertiary/aromatic N) is 6. The number of carbonyl (C=O) groups is 2. The van der Waals surface area contributed by atoms with Crippen LogP contribution in [0.2, 0.25) is 5.02 Å². The van der Waals surface area contributed by atoms with E-state index in [1.54, 1.807) is 15.5 Å². The summed E-state index contributed by atoms with van der Waals surface area (Å²) in [6, 6.07) is 3.76. The summed E-state index contributed by atoms with van der Waals surface area (Å²) in [6.45, 7) is 13.9. The summed E-state index contributed by atoms with van der Waals surface area (Å²) in [7, 11) is 0. The molecule has 0 bridgehead atoms. The lowest BCUT2D eigenvalue weighted by Gasteiger charge is -2.37. The van der Waals surface area contributed by atoms with Gasteiger partial charge >= 0.3 is 6.09 Å². The van der Waals surface area contributed by atoms with Crippen LogP contribution in [-0.2, 0) is 33.7 Å². The number of hydrogen-bond donors (Lipinski definition) is 1. The molecule has 2 aliphatic rings. The Bertz CT molecular complexity index is 1700. The fourth-order valence-corrected chi connectivity index (χ4v) is 6.01. The van der Waals surface area contributed by atoms with Gasteiger partial charge in [-0.2, -0.15) is 9.50 Å². The molecule has 13 heteroatoms. The van der Waals surface area contributed by atoms with Gasteiger partial charge in [0.25, 0.3) is 5.56 Å². The molecule has 0 spiro atoms. The summed E-state index contributed by atoms with van der Waals surface area (Å²) in [6.07, 6.45) is 3.42. The minimum absolute atomic E-state index is 0.0926. The number of aryl methyl sites for hydroxylation is 2. The van der Waals surface area contributed by atoms with Crippen molar-refractivity contribution in [3.05, 3.63) is 56.2 Å². The van der Waals surface area contributed by atoms with Crippen molar-refractivity contribution in [2.75, 3.05) is 49.6 Å². The normalized spacial score (nSPS) is 15.8. The Balaban J connectivity index is 1.53. The standard InChI is InChI=1S/C32H42ClN7O5/c1-7-21-17-20(3)24(18-23(21)33)34-26(41)19-39-25(8-2)27(37-11-13-38(14-12-37)31(43)45-32(4,5)6)29(42)40-30(39)35-28(36-40)22-9-15-44-16-10-22/h9,17-18H,7-8,10-16,19H2,1-6H3,(H,34,41). The zero-order chi connectivity index (χ0) is 32.5. The molecule has 1 aromatic carbocycles. The van der Waals surface area contributed by atoms with Gasteiger partial charge in [-0.3, -0.25) is 9.59 Å². The van der Waals surface area contributed by atoms with E-state index >= 15 is 0 Å². The van der Waals surface area contributed by atoms with Gasteiger partial charge in [-0.25, -0.2) is 4.79 Å². The summed E-state index contributed by atoms with van der Waals surface area (Å²) in [5.41, 5.74) is 3.65. The molecule has 2 aliphatic heterocycles. The lowest BCUT2D eigenvalue weighted by atomic mass is 10.1. The predicted molar refractivity (Wildman–Crippen MR) is 174 cm³/mol. The Hall–Kier alpha value is -3.90. The van der Waals surface area contributed by atoms with E-state index in [2.05, 4.69) is 10.4 Å². The van der Waals surface area contributed by atoms with Crippen molar-refractivity contribution in [2.24, 2.45) is 0 Å². The summed E-state index contributed by atoms with van der Waals surface area (Å²) in [5, 5.41) is 8.24. The largest absolute Gasteiger partial charge is 0.444 e. The fraction of sp³-hybridized carbons (Fsp3) is 0.531. The molecule has 2 amide bonds. The molecule has 3 aromatic rings. The van der Waals surface area contributed by atoms with Gasteiger partial charge in [0.2, 0.25) is 11.7 Å². The predicted octanol–water partition coefficient (Wildman–Crippen LogP) is 4.48. The first-order valence-electron chi connectivity index (χ1n) is 15.5. The van der Waals surface area contributed by atoms with Crippen LogP contribution in [0.5, 0.6) is 0 Å². The van der Waals surface area contributed by atoms with Crippen LogP contribution in [0.25, 0.3) is 11.4 Å². The number of carbonyl (C=O) groups excluding carboxylic acids is 2. The molecule has 1 fully saturated rings. The third kappa shape index (κ3) is 7.01. The highest BCUT2D eigenvalue weighted by Crippen LogP contribution is 2.27. The van der Waals surface area contributed by atoms with Crippen molar-refractivity contribution in [1.29, 1.82) is 0 Å². The summed E-state index contributed by atoms with van der Waals surface area (Å²) in [5.74, 6) is 0.451. The second kappa shape index (κ2) is 13.2. The average Bonchev–Trinajstić information content (AvgIpc) is 3.46. The highest BCUT2D eigenvalue weighted by atomic mass is 35.5. The lowest BCUT2D eigenvalue weighted by molar-refractivity contribution is -0.116. The second-order valence-corrected chi connectivity index (χ2v) is 12.8. The minimum Gasteiger partial charge on any atom is -0.444 e. The van der Waals surface area contributed by atoms with Gasteiger partial charge in [-0.15, -0.1) is 5.10 Å². The van der Waals surface area contributed by atoms with Crippen molar-refractivity contribution < 1.29 is 19.1 Å². The number of rotatable bonds is 7. The molecule has 0 atom stereocenters. The molecule has 0 unspecified atom stereocenters. The van der Waals surface area contributed by atoms with Crippen LogP contribution < -0.4 is 15.8 Å². The number of hydrogen-bond acceptors (Lipinski definition) is 8. The van der Waals surface area contributed by atoms with Gasteiger partial charge in [0.1, 0.15) is 17.8 Å². The maximum atomic E-state index is 14.1. The molecule has 0 saturated carbocycles. The zero-order valence-electron chi connectivity index (χ0n) is 26.9. The van der Waals surface area contributed by atoms with E-state index in [9.17, 15) is 14.4 Å². The number of halogens is 1. The van der Waals surface area contributed by atoms with Crippen molar-refractivity contribution in [3.8, 4) is 0 Å². The van der Waals surface area contributed by atoms with Crippen LogP contribution in [0, 0.1) is 6.92 Å². The molecule has 45 heavy (non-hydrogen) atoms. The van der Waals surface area contributed by atoms with E-state index < -0.39 is 5.60 Å². The van der Waals surface area contributed by atoms with Crippen LogP contribution in [0.3, 0.4) is 0 Å². The number of benzene rings is 1. The molecule has 12 nitrogen and oxygen atoms in total. The Morgan fingerprint density at radius 2 is 1.84 bits per heavy atom. The number of nitrogens with one attached hydrogen (secondary N) is 1. The number of piperazine rings is 1. The van der Waals surface area contributed by atoms with E-state index in [4.69, 9.17) is 26.1 Å². The monoisotopic (exact) mass is 639 g/mol. The summed E-state index contributed by atoms with van der Waals surface area (Å²) in [4.78, 5) is 48.8. The maximum absolute atomic E-state index is 14.1. The highest BCUT2D eigenvalue weighted by molar-refractivity contribution is 6.31. The zero-order valence-corrected chi connectivity index (χ0v) is 27.7. The maximum Gasteiger partial charge on any atom is 0.410 e. The summed E-state index contributed by atoms with van der Waals surface area (Å²) < 4.78 is 14.1. The van der Waals surface area contributed by atoms with Crippen molar-refractivity contribution in [1.82, 2.24) is 24.1 Å². The first kappa shape index (κ1) is 32.5. The van der Waals surface area contributed by atoms with Gasteiger partial charge in [0.15, 0.2) is 5.82 Å². The average molecular weight is 640 g/mol. The van der Waals surface area contributed by atoms with Gasteiger partial charge < -0.3 is 29.2 Å². The number of ether oxygens (including phenoxy) is 2. The minimum atomic E-state index is -0.602. The highest BCUT2D eigenvalue weighted by Gasteiger charge is 2.30. The Morgan fingerprint density at radius 1 is 1.11 bits per heavy atom. The smallest absolute Gasteiger partial charge is 0.410 e. The molecule has 5 rings (SSSR count). The van der Waals surface area contributed by atoms with Gasteiger partial charge in [-0.05, 0) is 69.7 Å². The SMILES string of the molecule is CCc1cc(C)c(NC(=O)Cn2c(CC)c(N3CCN(C(=O)OC(C)(C)C)CC3)c(=O)n3nc(C4=CCOCC4)nc23)cc1Cl. The first-order chi connectivity index (χ1) is 21.4. The molecule has 1 N–H and O–H groups in total. The number of amides is 2. The van der Waals surface area contributed by atoms with Crippen molar-refractivity contribution >= 4 is 46.3 Å². The third-order valence-corrected chi connectivity index (χ3v) is 8.36. The van der Waals surface area contributed by atoms with E-state index in [1.807, 2.05) is 58.6 Å². The lowest BCUT2D eigenvalue weighted by Crippen LogP contribution is -2.51. The van der Waals surface area contributed by atoms with Gasteiger partial charge in [0, 0.05) is 36.9 Å².